The SMILES string of the molecule is O=C(Cc1ccc(S(=O)(=O)N2CCOCC2)cc1)c1ccc(CN2CCCC(c3ccccc3)C2)cc1. The van der Waals surface area contributed by atoms with Crippen LogP contribution in [0.1, 0.15) is 45.8 Å². The first-order valence-electron chi connectivity index (χ1n) is 13.1. The zero-order valence-corrected chi connectivity index (χ0v) is 21.9. The van der Waals surface area contributed by atoms with Crippen molar-refractivity contribution in [3.05, 3.63) is 101 Å². The van der Waals surface area contributed by atoms with Gasteiger partial charge in [-0.3, -0.25) is 9.69 Å². The first kappa shape index (κ1) is 25.8. The number of likely N-dealkylation sites (tertiary alicyclic amines) is 1. The van der Waals surface area contributed by atoms with E-state index >= 15 is 0 Å². The zero-order chi connectivity index (χ0) is 25.7. The second kappa shape index (κ2) is 11.7. The summed E-state index contributed by atoms with van der Waals surface area (Å²) in [6.07, 6.45) is 2.67. The fraction of sp³-hybridized carbons (Fsp3) is 0.367. The number of carbonyl (C=O) groups excluding carboxylic acids is 1. The Labute approximate surface area is 219 Å². The van der Waals surface area contributed by atoms with Crippen molar-refractivity contribution in [2.75, 3.05) is 39.4 Å². The molecule has 3 aromatic rings. The van der Waals surface area contributed by atoms with Gasteiger partial charge < -0.3 is 4.74 Å². The molecule has 2 aliphatic rings. The molecule has 3 aromatic carbocycles. The van der Waals surface area contributed by atoms with Crippen LogP contribution in [0.4, 0.5) is 0 Å². The van der Waals surface area contributed by atoms with Crippen LogP contribution in [0, 0.1) is 0 Å². The average molecular weight is 519 g/mol. The molecule has 0 radical (unpaired) electrons. The summed E-state index contributed by atoms with van der Waals surface area (Å²) in [5, 5.41) is 0. The number of carbonyl (C=O) groups is 1. The van der Waals surface area contributed by atoms with Crippen molar-refractivity contribution in [3.63, 3.8) is 0 Å². The van der Waals surface area contributed by atoms with Gasteiger partial charge in [0, 0.05) is 38.2 Å². The van der Waals surface area contributed by atoms with E-state index < -0.39 is 10.0 Å². The molecule has 2 aliphatic heterocycles. The third-order valence-corrected chi connectivity index (χ3v) is 9.27. The first-order valence-corrected chi connectivity index (χ1v) is 14.5. The predicted octanol–water partition coefficient (Wildman–Crippen LogP) is 4.51. The van der Waals surface area contributed by atoms with Gasteiger partial charge in [0.25, 0.3) is 0 Å². The molecule has 0 aliphatic carbocycles. The molecule has 37 heavy (non-hydrogen) atoms. The van der Waals surface area contributed by atoms with Gasteiger partial charge in [-0.05, 0) is 54.1 Å². The van der Waals surface area contributed by atoms with Crippen LogP contribution in [-0.4, -0.2) is 62.8 Å². The lowest BCUT2D eigenvalue weighted by Crippen LogP contribution is -2.40. The quantitative estimate of drug-likeness (QED) is 0.411. The number of sulfonamides is 1. The third kappa shape index (κ3) is 6.36. The number of morpholine rings is 1. The molecule has 6 nitrogen and oxygen atoms in total. The molecule has 0 N–H and O–H groups in total. The van der Waals surface area contributed by atoms with E-state index in [1.165, 1.54) is 28.3 Å². The predicted molar refractivity (Wildman–Crippen MR) is 144 cm³/mol. The van der Waals surface area contributed by atoms with Crippen molar-refractivity contribution in [1.82, 2.24) is 9.21 Å². The molecule has 2 heterocycles. The number of nitrogens with zero attached hydrogens (tertiary/aromatic N) is 2. The minimum absolute atomic E-state index is 0.0254. The van der Waals surface area contributed by atoms with E-state index in [9.17, 15) is 13.2 Å². The number of hydrogen-bond acceptors (Lipinski definition) is 5. The lowest BCUT2D eigenvalue weighted by molar-refractivity contribution is 0.0730. The van der Waals surface area contributed by atoms with Crippen molar-refractivity contribution in [2.45, 2.75) is 36.6 Å². The molecule has 1 atom stereocenters. The molecule has 1 unspecified atom stereocenters. The summed E-state index contributed by atoms with van der Waals surface area (Å²) in [4.78, 5) is 15.7. The van der Waals surface area contributed by atoms with Crippen LogP contribution < -0.4 is 0 Å². The summed E-state index contributed by atoms with van der Waals surface area (Å²) in [7, 11) is -3.53. The van der Waals surface area contributed by atoms with Gasteiger partial charge in [-0.2, -0.15) is 4.31 Å². The van der Waals surface area contributed by atoms with Gasteiger partial charge in [0.15, 0.2) is 5.78 Å². The Balaban J connectivity index is 1.16. The van der Waals surface area contributed by atoms with Crippen LogP contribution >= 0.6 is 0 Å². The minimum atomic E-state index is -3.53. The number of ether oxygens (including phenoxy) is 1. The Kier molecular flexibility index (Phi) is 8.15. The summed E-state index contributed by atoms with van der Waals surface area (Å²) in [6.45, 7) is 4.60. The summed E-state index contributed by atoms with van der Waals surface area (Å²) in [5.41, 5.74) is 4.10. The fourth-order valence-electron chi connectivity index (χ4n) is 5.25. The number of rotatable bonds is 8. The Hall–Kier alpha value is -2.84. The third-order valence-electron chi connectivity index (χ3n) is 7.35. The molecule has 2 saturated heterocycles. The maximum atomic E-state index is 12.9. The molecule has 7 heteroatoms. The highest BCUT2D eigenvalue weighted by Gasteiger charge is 2.26. The van der Waals surface area contributed by atoms with Crippen molar-refractivity contribution in [3.8, 4) is 0 Å². The van der Waals surface area contributed by atoms with Gasteiger partial charge in [0.2, 0.25) is 10.0 Å². The topological polar surface area (TPSA) is 66.9 Å². The van der Waals surface area contributed by atoms with E-state index in [0.29, 0.717) is 37.8 Å². The van der Waals surface area contributed by atoms with Crippen LogP contribution in [-0.2, 0) is 27.7 Å². The normalized spacial score (nSPS) is 19.5. The van der Waals surface area contributed by atoms with Gasteiger partial charge in [0.05, 0.1) is 18.1 Å². The van der Waals surface area contributed by atoms with E-state index in [2.05, 4.69) is 47.4 Å². The van der Waals surface area contributed by atoms with Gasteiger partial charge in [0.1, 0.15) is 0 Å². The Bertz CT molecular complexity index is 1290. The molecule has 0 bridgehead atoms. The number of benzene rings is 3. The molecular weight excluding hydrogens is 484 g/mol. The highest BCUT2D eigenvalue weighted by Crippen LogP contribution is 2.27. The Morgan fingerprint density at radius 3 is 2.22 bits per heavy atom. The molecule has 0 saturated carbocycles. The second-order valence-electron chi connectivity index (χ2n) is 9.94. The second-order valence-corrected chi connectivity index (χ2v) is 11.9. The van der Waals surface area contributed by atoms with E-state index in [1.54, 1.807) is 24.3 Å². The Morgan fingerprint density at radius 1 is 0.838 bits per heavy atom. The molecule has 2 fully saturated rings. The van der Waals surface area contributed by atoms with Gasteiger partial charge in [-0.1, -0.05) is 66.7 Å². The lowest BCUT2D eigenvalue weighted by Gasteiger charge is -2.33. The monoisotopic (exact) mass is 518 g/mol. The first-order chi connectivity index (χ1) is 18.0. The summed E-state index contributed by atoms with van der Waals surface area (Å²) in [5.74, 6) is 0.600. The molecule has 0 amide bonds. The van der Waals surface area contributed by atoms with Crippen molar-refractivity contribution in [1.29, 1.82) is 0 Å². The van der Waals surface area contributed by atoms with E-state index in [4.69, 9.17) is 4.74 Å². The molecule has 0 aromatic heterocycles. The maximum absolute atomic E-state index is 12.9. The van der Waals surface area contributed by atoms with Gasteiger partial charge >= 0.3 is 0 Å². The van der Waals surface area contributed by atoms with Crippen LogP contribution in [0.15, 0.2) is 83.8 Å². The van der Waals surface area contributed by atoms with E-state index in [0.717, 1.165) is 25.2 Å². The smallest absolute Gasteiger partial charge is 0.243 e. The lowest BCUT2D eigenvalue weighted by atomic mass is 9.90. The van der Waals surface area contributed by atoms with Crippen LogP contribution in [0.25, 0.3) is 0 Å². The summed E-state index contributed by atoms with van der Waals surface area (Å²) < 4.78 is 32.3. The van der Waals surface area contributed by atoms with Gasteiger partial charge in [-0.25, -0.2) is 8.42 Å². The maximum Gasteiger partial charge on any atom is 0.243 e. The highest BCUT2D eigenvalue weighted by atomic mass is 32.2. The van der Waals surface area contributed by atoms with Crippen molar-refractivity contribution < 1.29 is 17.9 Å². The van der Waals surface area contributed by atoms with Crippen molar-refractivity contribution in [2.24, 2.45) is 0 Å². The number of Topliss-reactive ketones (excluding diaryl/α,β-unsaturated/α-hetero) is 1. The Morgan fingerprint density at radius 2 is 1.51 bits per heavy atom. The molecule has 0 spiro atoms. The number of piperidine rings is 1. The summed E-state index contributed by atoms with van der Waals surface area (Å²) >= 11 is 0. The number of hydrogen-bond donors (Lipinski definition) is 0. The molecule has 5 rings (SSSR count). The van der Waals surface area contributed by atoms with E-state index in [-0.39, 0.29) is 17.1 Å². The van der Waals surface area contributed by atoms with Crippen LogP contribution in [0.3, 0.4) is 0 Å². The molecule has 194 valence electrons. The van der Waals surface area contributed by atoms with Gasteiger partial charge in [-0.15, -0.1) is 0 Å². The van der Waals surface area contributed by atoms with E-state index in [1.807, 2.05) is 12.1 Å². The van der Waals surface area contributed by atoms with Crippen molar-refractivity contribution >= 4 is 15.8 Å². The minimum Gasteiger partial charge on any atom is -0.379 e. The average Bonchev–Trinajstić information content (AvgIpc) is 2.95. The van der Waals surface area contributed by atoms with Crippen LogP contribution in [0.2, 0.25) is 0 Å². The highest BCUT2D eigenvalue weighted by molar-refractivity contribution is 7.89. The largest absolute Gasteiger partial charge is 0.379 e. The standard InChI is InChI=1S/C30H34N2O4S/c33-30(21-24-10-14-29(15-11-24)37(34,35)32-17-19-36-20-18-32)27-12-8-25(9-13-27)22-31-16-4-7-28(23-31)26-5-2-1-3-6-26/h1-3,5-6,8-15,28H,4,7,16-23H2. The summed E-state index contributed by atoms with van der Waals surface area (Å²) in [6, 6.07) is 25.3. The fourth-order valence-corrected chi connectivity index (χ4v) is 6.66. The zero-order valence-electron chi connectivity index (χ0n) is 21.1. The van der Waals surface area contributed by atoms with Crippen LogP contribution in [0.5, 0.6) is 0 Å². The molecular formula is C30H34N2O4S. The number of ketones is 1.